The molecule has 10 nitrogen and oxygen atoms in total. The second-order valence-corrected chi connectivity index (χ2v) is 11.5. The van der Waals surface area contributed by atoms with E-state index in [0.717, 1.165) is 41.0 Å². The molecule has 1 amide bonds. The Kier molecular flexibility index (Phi) is 7.82. The number of aliphatic carboxylic acids is 1. The van der Waals surface area contributed by atoms with Crippen LogP contribution in [0.1, 0.15) is 53.7 Å². The number of alkyl halides is 3. The second-order valence-electron chi connectivity index (χ2n) is 9.60. The van der Waals surface area contributed by atoms with Gasteiger partial charge in [0.15, 0.2) is 10.8 Å². The molecule has 0 saturated carbocycles. The Balaban J connectivity index is 1.31. The number of carboxylic acids is 1. The van der Waals surface area contributed by atoms with Gasteiger partial charge in [0.25, 0.3) is 5.91 Å². The molecule has 15 heteroatoms. The van der Waals surface area contributed by atoms with Crippen LogP contribution in [0.4, 0.5) is 24.1 Å². The molecule has 0 aliphatic carbocycles. The summed E-state index contributed by atoms with van der Waals surface area (Å²) in [5.74, 6) is -1.16. The van der Waals surface area contributed by atoms with Crippen molar-refractivity contribution >= 4 is 45.5 Å². The highest BCUT2D eigenvalue weighted by Crippen LogP contribution is 2.38. The quantitative estimate of drug-likeness (QED) is 0.412. The smallest absolute Gasteiger partial charge is 0.434 e. The van der Waals surface area contributed by atoms with E-state index in [1.807, 2.05) is 4.90 Å². The molecule has 39 heavy (non-hydrogen) atoms. The predicted octanol–water partition coefficient (Wildman–Crippen LogP) is 4.61. The van der Waals surface area contributed by atoms with Crippen LogP contribution >= 0.6 is 22.7 Å². The van der Waals surface area contributed by atoms with Gasteiger partial charge in [-0.1, -0.05) is 11.3 Å². The number of carbonyl (C=O) groups excluding carboxylic acids is 1. The minimum Gasteiger partial charge on any atom is -0.481 e. The van der Waals surface area contributed by atoms with E-state index in [1.54, 1.807) is 0 Å². The molecule has 0 aromatic carbocycles. The van der Waals surface area contributed by atoms with E-state index in [4.69, 9.17) is 5.11 Å². The van der Waals surface area contributed by atoms with Crippen molar-refractivity contribution in [3.05, 3.63) is 34.0 Å². The SMILES string of the molecule is C[C@@H]1CCCN1Cc1sc(NC(=O)c2cnc(N3CCC(C(=O)O)CC3)cn2)nc1-c1nc(C(F)(F)F)cs1. The van der Waals surface area contributed by atoms with Gasteiger partial charge in [0, 0.05) is 31.1 Å². The number of hydrogen-bond donors (Lipinski definition) is 2. The molecule has 0 spiro atoms. The Morgan fingerprint density at radius 1 is 1.13 bits per heavy atom. The third kappa shape index (κ3) is 6.20. The monoisotopic (exact) mass is 581 g/mol. The summed E-state index contributed by atoms with van der Waals surface area (Å²) in [6.45, 7) is 4.55. The van der Waals surface area contributed by atoms with Crippen LogP contribution in [0.2, 0.25) is 0 Å². The highest BCUT2D eigenvalue weighted by molar-refractivity contribution is 7.17. The zero-order valence-corrected chi connectivity index (χ0v) is 22.6. The fourth-order valence-electron chi connectivity index (χ4n) is 4.72. The number of aromatic nitrogens is 4. The van der Waals surface area contributed by atoms with Gasteiger partial charge in [-0.25, -0.2) is 19.9 Å². The minimum atomic E-state index is -4.55. The van der Waals surface area contributed by atoms with Gasteiger partial charge in [0.05, 0.1) is 23.2 Å². The molecular weight excluding hydrogens is 555 g/mol. The highest BCUT2D eigenvalue weighted by atomic mass is 32.1. The van der Waals surface area contributed by atoms with Gasteiger partial charge in [-0.3, -0.25) is 19.8 Å². The summed E-state index contributed by atoms with van der Waals surface area (Å²) in [5.41, 5.74) is -0.579. The van der Waals surface area contributed by atoms with E-state index in [1.165, 1.54) is 23.7 Å². The van der Waals surface area contributed by atoms with Crippen molar-refractivity contribution in [3.63, 3.8) is 0 Å². The van der Waals surface area contributed by atoms with Crippen LogP contribution in [-0.2, 0) is 17.5 Å². The number of nitrogens with zero attached hydrogens (tertiary/aromatic N) is 6. The summed E-state index contributed by atoms with van der Waals surface area (Å²) in [6.07, 6.45) is 1.35. The first kappa shape index (κ1) is 27.4. The van der Waals surface area contributed by atoms with Crippen molar-refractivity contribution < 1.29 is 27.9 Å². The molecule has 5 rings (SSSR count). The first-order chi connectivity index (χ1) is 18.6. The fourth-order valence-corrected chi connectivity index (χ4v) is 6.61. The Bertz CT molecular complexity index is 1340. The second kappa shape index (κ2) is 11.1. The van der Waals surface area contributed by atoms with Gasteiger partial charge < -0.3 is 10.0 Å². The molecule has 3 aromatic rings. The van der Waals surface area contributed by atoms with Gasteiger partial charge >= 0.3 is 12.1 Å². The first-order valence-electron chi connectivity index (χ1n) is 12.5. The van der Waals surface area contributed by atoms with E-state index in [0.29, 0.717) is 50.0 Å². The van der Waals surface area contributed by atoms with Gasteiger partial charge in [0.1, 0.15) is 22.2 Å². The largest absolute Gasteiger partial charge is 0.481 e. The lowest BCUT2D eigenvalue weighted by atomic mass is 9.97. The molecule has 0 unspecified atom stereocenters. The Hall–Kier alpha value is -3.17. The topological polar surface area (TPSA) is 124 Å². The number of carboxylic acid groups (broad SMARTS) is 1. The number of thiazole rings is 2. The molecule has 1 atom stereocenters. The van der Waals surface area contributed by atoms with Gasteiger partial charge in [-0.05, 0) is 39.2 Å². The summed E-state index contributed by atoms with van der Waals surface area (Å²) >= 11 is 2.08. The number of carbonyl (C=O) groups is 2. The van der Waals surface area contributed by atoms with Gasteiger partial charge in [0.2, 0.25) is 0 Å². The molecule has 5 heterocycles. The van der Waals surface area contributed by atoms with Gasteiger partial charge in [-0.2, -0.15) is 13.2 Å². The van der Waals surface area contributed by atoms with Crippen molar-refractivity contribution in [2.45, 2.75) is 51.4 Å². The summed E-state index contributed by atoms with van der Waals surface area (Å²) in [5, 5.41) is 13.2. The summed E-state index contributed by atoms with van der Waals surface area (Å²) in [4.78, 5) is 45.7. The average Bonchev–Trinajstić information content (AvgIpc) is 3.65. The van der Waals surface area contributed by atoms with Crippen LogP contribution < -0.4 is 10.2 Å². The van der Waals surface area contributed by atoms with E-state index in [9.17, 15) is 22.8 Å². The third-order valence-corrected chi connectivity index (χ3v) is 8.80. The van der Waals surface area contributed by atoms with E-state index >= 15 is 0 Å². The van der Waals surface area contributed by atoms with E-state index < -0.39 is 23.7 Å². The number of hydrogen-bond acceptors (Lipinski definition) is 10. The molecule has 2 N–H and O–H groups in total. The van der Waals surface area contributed by atoms with E-state index in [-0.39, 0.29) is 21.8 Å². The van der Waals surface area contributed by atoms with Crippen LogP contribution in [0.5, 0.6) is 0 Å². The number of amides is 1. The maximum Gasteiger partial charge on any atom is 0.434 e. The Morgan fingerprint density at radius 3 is 2.49 bits per heavy atom. The number of halogens is 3. The Labute approximate surface area is 229 Å². The fraction of sp³-hybridized carbons (Fsp3) is 0.500. The normalized spacial score (nSPS) is 19.0. The summed E-state index contributed by atoms with van der Waals surface area (Å²) < 4.78 is 39.5. The summed E-state index contributed by atoms with van der Waals surface area (Å²) in [7, 11) is 0. The van der Waals surface area contributed by atoms with Crippen LogP contribution in [0, 0.1) is 5.92 Å². The number of piperidine rings is 1. The standard InChI is InChI=1S/C24H26F3N7O3S2/c1-13-3-2-6-34(13)11-16-19(21-30-17(12-38-21)24(25,26)27)31-23(39-16)32-20(35)15-9-29-18(10-28-15)33-7-4-14(5-8-33)22(36)37/h9-10,12-14H,2-8,11H2,1H3,(H,36,37)(H,31,32,35)/t13-/m1/s1. The molecule has 2 saturated heterocycles. The zero-order valence-electron chi connectivity index (χ0n) is 20.9. The average molecular weight is 582 g/mol. The molecule has 2 aliphatic rings. The third-order valence-electron chi connectivity index (χ3n) is 6.99. The molecule has 208 valence electrons. The minimum absolute atomic E-state index is 0.0549. The first-order valence-corrected chi connectivity index (χ1v) is 14.2. The van der Waals surface area contributed by atoms with E-state index in [2.05, 4.69) is 37.1 Å². The van der Waals surface area contributed by atoms with Crippen LogP contribution in [0.15, 0.2) is 17.8 Å². The lowest BCUT2D eigenvalue weighted by molar-refractivity contribution is -0.142. The van der Waals surface area contributed by atoms with Crippen LogP contribution in [0.3, 0.4) is 0 Å². The number of nitrogens with one attached hydrogen (secondary N) is 1. The molecule has 3 aromatic heterocycles. The zero-order chi connectivity index (χ0) is 27.7. The number of likely N-dealkylation sites (tertiary alicyclic amines) is 1. The number of rotatable bonds is 7. The molecule has 2 fully saturated rings. The Morgan fingerprint density at radius 2 is 1.90 bits per heavy atom. The van der Waals surface area contributed by atoms with Crippen molar-refractivity contribution in [3.8, 4) is 10.7 Å². The maximum atomic E-state index is 13.2. The van der Waals surface area contributed by atoms with Crippen molar-refractivity contribution in [1.82, 2.24) is 24.8 Å². The van der Waals surface area contributed by atoms with Gasteiger partial charge in [-0.15, -0.1) is 11.3 Å². The van der Waals surface area contributed by atoms with Crippen LogP contribution in [0.25, 0.3) is 10.7 Å². The maximum absolute atomic E-state index is 13.2. The molecule has 0 bridgehead atoms. The molecular formula is C24H26F3N7O3S2. The number of anilines is 2. The predicted molar refractivity (Wildman–Crippen MR) is 140 cm³/mol. The van der Waals surface area contributed by atoms with Crippen molar-refractivity contribution in [2.24, 2.45) is 5.92 Å². The van der Waals surface area contributed by atoms with Crippen LogP contribution in [-0.4, -0.2) is 67.5 Å². The van der Waals surface area contributed by atoms with Crippen molar-refractivity contribution in [2.75, 3.05) is 29.9 Å². The molecule has 2 aliphatic heterocycles. The summed E-state index contributed by atoms with van der Waals surface area (Å²) in [6, 6.07) is 0.337. The lowest BCUT2D eigenvalue weighted by Crippen LogP contribution is -2.36. The molecule has 0 radical (unpaired) electrons. The lowest BCUT2D eigenvalue weighted by Gasteiger charge is -2.30. The van der Waals surface area contributed by atoms with Crippen molar-refractivity contribution in [1.29, 1.82) is 0 Å². The highest BCUT2D eigenvalue weighted by Gasteiger charge is 2.35.